The Bertz CT molecular complexity index is 2570. The van der Waals surface area contributed by atoms with Crippen LogP contribution in [0.5, 0.6) is 23.3 Å². The van der Waals surface area contributed by atoms with Crippen LogP contribution in [0.1, 0.15) is 22.5 Å². The maximum Gasteiger partial charge on any atom is 0.435 e. The second kappa shape index (κ2) is 17.4. The van der Waals surface area contributed by atoms with E-state index in [1.807, 2.05) is 0 Å². The van der Waals surface area contributed by atoms with E-state index in [2.05, 4.69) is 20.2 Å². The summed E-state index contributed by atoms with van der Waals surface area (Å²) in [6, 6.07) is 21.8. The molecule has 0 bridgehead atoms. The van der Waals surface area contributed by atoms with Gasteiger partial charge in [-0.05, 0) is 60.7 Å². The van der Waals surface area contributed by atoms with Crippen molar-refractivity contribution in [3.8, 4) is 34.6 Å². The van der Waals surface area contributed by atoms with Crippen LogP contribution in [0.15, 0.2) is 117 Å². The molecule has 4 N–H and O–H groups in total. The number of nitrogens with zero attached hydrogens (tertiary/aromatic N) is 6. The maximum atomic E-state index is 13.4. The molecule has 313 valence electrons. The van der Waals surface area contributed by atoms with Crippen LogP contribution >= 0.6 is 0 Å². The molecule has 6 rings (SSSR count). The largest absolute Gasteiger partial charge is 0.506 e. The van der Waals surface area contributed by atoms with Crippen LogP contribution in [0, 0.1) is 0 Å². The summed E-state index contributed by atoms with van der Waals surface area (Å²) in [5.41, 5.74) is -4.42. The van der Waals surface area contributed by atoms with Gasteiger partial charge >= 0.3 is 12.4 Å². The molecular weight excluding hydrogens is 881 g/mol. The summed E-state index contributed by atoms with van der Waals surface area (Å²) in [5, 5.41) is 47.2. The van der Waals surface area contributed by atoms with Crippen molar-refractivity contribution in [2.45, 2.75) is 22.1 Å². The van der Waals surface area contributed by atoms with Crippen molar-refractivity contribution in [1.29, 1.82) is 0 Å². The predicted octanol–water partition coefficient (Wildman–Crippen LogP) is 6.91. The summed E-state index contributed by atoms with van der Waals surface area (Å²) in [6.45, 7) is 0. The van der Waals surface area contributed by atoms with Gasteiger partial charge in [0.15, 0.2) is 31.1 Å². The van der Waals surface area contributed by atoms with Gasteiger partial charge in [-0.2, -0.15) is 36.5 Å². The normalized spacial score (nSPS) is 12.3. The Hall–Kier alpha value is -6.17. The molecule has 0 atom stereocenters. The van der Waals surface area contributed by atoms with E-state index >= 15 is 0 Å². The number of phenolic OH excluding ortho intramolecular Hbond substituents is 2. The number of para-hydroxylation sites is 2. The molecule has 0 spiro atoms. The van der Waals surface area contributed by atoms with E-state index in [9.17, 15) is 63.6 Å². The van der Waals surface area contributed by atoms with Crippen LogP contribution in [-0.2, 0) is 48.8 Å². The fraction of sp³-hybridized carbons (Fsp3) is 0.111. The molecule has 23 heteroatoms. The van der Waals surface area contributed by atoms with Crippen LogP contribution in [0.3, 0.4) is 0 Å². The van der Waals surface area contributed by atoms with Crippen molar-refractivity contribution < 1.29 is 80.4 Å². The number of halogens is 6. The average Bonchev–Trinajstić information content (AvgIpc) is 3.67. The Morgan fingerprint density at radius 3 is 1.17 bits per heavy atom. The maximum absolute atomic E-state index is 13.4. The third-order valence-electron chi connectivity index (χ3n) is 7.75. The molecule has 6 aromatic rings. The quantitative estimate of drug-likeness (QED) is 0.0916. The number of sulfone groups is 2. The molecule has 59 heavy (non-hydrogen) atoms. The standard InChI is InChI=1S/2C18H14F3N3O4S.Co/c2*1-29(27,28)12-7-8-15(25)14(9-12)22-10-13-16(18(19,20)21)23-24(17(13)26)11-5-3-2-4-6-11;/h2*2-10,25-26H,1H3;. The first-order chi connectivity index (χ1) is 27.0. The summed E-state index contributed by atoms with van der Waals surface area (Å²) in [4.78, 5) is 7.12. The third kappa shape index (κ3) is 10.7. The molecule has 0 aliphatic rings. The van der Waals surface area contributed by atoms with Gasteiger partial charge in [-0.3, -0.25) is 9.98 Å². The number of hydrogen-bond donors (Lipinski definition) is 4. The summed E-state index contributed by atoms with van der Waals surface area (Å²) < 4.78 is 128. The first kappa shape index (κ1) is 45.5. The van der Waals surface area contributed by atoms with Gasteiger partial charge in [0, 0.05) is 41.7 Å². The van der Waals surface area contributed by atoms with Crippen LogP contribution in [0.25, 0.3) is 11.4 Å². The summed E-state index contributed by atoms with van der Waals surface area (Å²) in [7, 11) is -7.25. The van der Waals surface area contributed by atoms with Crippen molar-refractivity contribution in [2.24, 2.45) is 9.98 Å². The number of aromatic hydroxyl groups is 4. The fourth-order valence-electron chi connectivity index (χ4n) is 4.94. The summed E-state index contributed by atoms with van der Waals surface area (Å²) >= 11 is 0. The smallest absolute Gasteiger partial charge is 0.435 e. The van der Waals surface area contributed by atoms with Crippen molar-refractivity contribution in [3.63, 3.8) is 0 Å². The van der Waals surface area contributed by atoms with Crippen LogP contribution in [0.4, 0.5) is 37.7 Å². The molecule has 0 saturated carbocycles. The van der Waals surface area contributed by atoms with E-state index in [-0.39, 0.29) is 49.3 Å². The molecule has 0 aliphatic heterocycles. The van der Waals surface area contributed by atoms with E-state index in [1.54, 1.807) is 36.4 Å². The summed E-state index contributed by atoms with van der Waals surface area (Å²) in [6.07, 6.45) is -6.57. The van der Waals surface area contributed by atoms with Gasteiger partial charge < -0.3 is 20.4 Å². The van der Waals surface area contributed by atoms with E-state index in [4.69, 9.17) is 0 Å². The third-order valence-corrected chi connectivity index (χ3v) is 9.97. The van der Waals surface area contributed by atoms with E-state index < -0.39 is 77.8 Å². The van der Waals surface area contributed by atoms with E-state index in [1.165, 1.54) is 24.3 Å². The SMILES string of the molecule is CS(=O)(=O)c1ccc(O)c(N=Cc2c(C(F)(F)F)nn(-c3ccccc3)c2O)c1.CS(=O)(=O)c1ccc(O)c(N=Cc2c(C(F)(F)F)nn(-c3ccccc3)c2O)c1.[Co]. The van der Waals surface area contributed by atoms with E-state index in [0.717, 1.165) is 48.9 Å². The molecule has 0 fully saturated rings. The molecule has 0 aliphatic carbocycles. The van der Waals surface area contributed by atoms with Crippen molar-refractivity contribution >= 4 is 43.5 Å². The van der Waals surface area contributed by atoms with Crippen LogP contribution < -0.4 is 0 Å². The molecule has 0 unspecified atom stereocenters. The van der Waals surface area contributed by atoms with Gasteiger partial charge in [-0.1, -0.05) is 36.4 Å². The van der Waals surface area contributed by atoms with Gasteiger partial charge in [-0.15, -0.1) is 0 Å². The average molecular weight is 910 g/mol. The minimum atomic E-state index is -4.89. The number of aromatic nitrogens is 4. The van der Waals surface area contributed by atoms with E-state index in [0.29, 0.717) is 21.8 Å². The van der Waals surface area contributed by atoms with Crippen LogP contribution in [-0.4, -0.2) is 81.8 Å². The molecule has 2 heterocycles. The zero-order valence-electron chi connectivity index (χ0n) is 29.9. The number of aliphatic imine (C=N–C) groups is 2. The molecule has 0 amide bonds. The van der Waals surface area contributed by atoms with Crippen molar-refractivity contribution in [2.75, 3.05) is 12.5 Å². The monoisotopic (exact) mass is 909 g/mol. The topological polar surface area (TPSA) is 210 Å². The molecule has 4 aromatic carbocycles. The first-order valence-electron chi connectivity index (χ1n) is 16.0. The zero-order valence-corrected chi connectivity index (χ0v) is 32.6. The zero-order chi connectivity index (χ0) is 42.8. The Morgan fingerprint density at radius 2 is 0.881 bits per heavy atom. The number of hydrogen-bond acceptors (Lipinski definition) is 12. The Kier molecular flexibility index (Phi) is 13.4. The van der Waals surface area contributed by atoms with Gasteiger partial charge in [0.1, 0.15) is 22.9 Å². The number of benzene rings is 4. The number of rotatable bonds is 8. The predicted molar refractivity (Wildman–Crippen MR) is 197 cm³/mol. The fourth-order valence-corrected chi connectivity index (χ4v) is 6.22. The Morgan fingerprint density at radius 1 is 0.559 bits per heavy atom. The Balaban J connectivity index is 0.000000256. The first-order valence-corrected chi connectivity index (χ1v) is 19.8. The van der Waals surface area contributed by atoms with Gasteiger partial charge in [0.2, 0.25) is 11.8 Å². The minimum absolute atomic E-state index is 0. The summed E-state index contributed by atoms with van der Waals surface area (Å²) in [5.74, 6) is -2.52. The number of phenols is 2. The van der Waals surface area contributed by atoms with Gasteiger partial charge in [0.05, 0.1) is 32.3 Å². The second-order valence-electron chi connectivity index (χ2n) is 12.0. The Labute approximate surface area is 341 Å². The van der Waals surface area contributed by atoms with Gasteiger partial charge in [0.25, 0.3) is 0 Å². The molecule has 14 nitrogen and oxygen atoms in total. The minimum Gasteiger partial charge on any atom is -0.506 e. The van der Waals surface area contributed by atoms with Gasteiger partial charge in [-0.25, -0.2) is 26.2 Å². The molecular formula is C36H28CoF6N6O8S2. The number of alkyl halides is 6. The van der Waals surface area contributed by atoms with Crippen LogP contribution in [0.2, 0.25) is 0 Å². The molecule has 1 radical (unpaired) electrons. The second-order valence-corrected chi connectivity index (χ2v) is 16.1. The molecule has 2 aromatic heterocycles. The van der Waals surface area contributed by atoms with Crippen molar-refractivity contribution in [3.05, 3.63) is 120 Å². The van der Waals surface area contributed by atoms with Crippen molar-refractivity contribution in [1.82, 2.24) is 19.6 Å². The molecule has 0 saturated heterocycles.